The van der Waals surface area contributed by atoms with Crippen molar-refractivity contribution >= 4 is 50.5 Å². The van der Waals surface area contributed by atoms with Crippen LogP contribution in [0.5, 0.6) is 0 Å². The first-order valence-corrected chi connectivity index (χ1v) is 10.6. The zero-order valence-electron chi connectivity index (χ0n) is 18.4. The minimum absolute atomic E-state index is 0.482. The molecule has 7 heteroatoms. The minimum atomic E-state index is 0.482. The summed E-state index contributed by atoms with van der Waals surface area (Å²) in [6, 6.07) is 23.3. The fourth-order valence-electron chi connectivity index (χ4n) is 3.90. The van der Waals surface area contributed by atoms with Crippen LogP contribution >= 0.6 is 0 Å². The highest BCUT2D eigenvalue weighted by Crippen LogP contribution is 2.30. The summed E-state index contributed by atoms with van der Waals surface area (Å²) >= 11 is 0. The SMILES string of the molecule is Cc1cc2nc3cc(C)c(N=Nc4ccc(N)cc4N)cc3[n+](-c3ccccc3)c2cc1N. The van der Waals surface area contributed by atoms with E-state index in [1.165, 1.54) is 0 Å². The van der Waals surface area contributed by atoms with E-state index in [2.05, 4.69) is 26.9 Å². The predicted octanol–water partition coefficient (Wildman–Crippen LogP) is 5.44. The Morgan fingerprint density at radius 2 is 1.33 bits per heavy atom. The molecule has 0 unspecified atom stereocenters. The van der Waals surface area contributed by atoms with Crippen molar-refractivity contribution in [2.24, 2.45) is 10.2 Å². The van der Waals surface area contributed by atoms with Gasteiger partial charge >= 0.3 is 0 Å². The minimum Gasteiger partial charge on any atom is -0.399 e. The molecule has 162 valence electrons. The number of azo groups is 1. The lowest BCUT2D eigenvalue weighted by Gasteiger charge is -2.09. The van der Waals surface area contributed by atoms with Gasteiger partial charge in [-0.15, -0.1) is 14.8 Å². The highest BCUT2D eigenvalue weighted by atomic mass is 15.1. The molecule has 0 saturated carbocycles. The Labute approximate surface area is 191 Å². The molecule has 5 rings (SSSR count). The van der Waals surface area contributed by atoms with Gasteiger partial charge in [0, 0.05) is 35.6 Å². The molecule has 0 spiro atoms. The number of nitrogen functional groups attached to an aromatic ring is 3. The van der Waals surface area contributed by atoms with E-state index < -0.39 is 0 Å². The second-order valence-electron chi connectivity index (χ2n) is 8.13. The van der Waals surface area contributed by atoms with Gasteiger partial charge in [-0.05, 0) is 55.3 Å². The number of fused-ring (bicyclic) bond motifs is 2. The van der Waals surface area contributed by atoms with Crippen molar-refractivity contribution in [1.82, 2.24) is 4.98 Å². The van der Waals surface area contributed by atoms with Gasteiger partial charge in [0.15, 0.2) is 0 Å². The molecule has 0 radical (unpaired) electrons. The van der Waals surface area contributed by atoms with Crippen LogP contribution in [0.3, 0.4) is 0 Å². The van der Waals surface area contributed by atoms with Gasteiger partial charge in [0.2, 0.25) is 16.7 Å². The Balaban J connectivity index is 1.77. The lowest BCUT2D eigenvalue weighted by atomic mass is 10.1. The molecular weight excluding hydrogens is 410 g/mol. The predicted molar refractivity (Wildman–Crippen MR) is 134 cm³/mol. The van der Waals surface area contributed by atoms with Crippen molar-refractivity contribution in [3.8, 4) is 5.69 Å². The van der Waals surface area contributed by atoms with Crippen LogP contribution in [0, 0.1) is 13.8 Å². The number of hydrogen-bond donors (Lipinski definition) is 3. The molecule has 0 saturated heterocycles. The summed E-state index contributed by atoms with van der Waals surface area (Å²) in [6.45, 7) is 3.98. The molecular formula is C26H24N7+. The van der Waals surface area contributed by atoms with Gasteiger partial charge in [-0.25, -0.2) is 4.98 Å². The maximum absolute atomic E-state index is 6.27. The van der Waals surface area contributed by atoms with Gasteiger partial charge in [-0.3, -0.25) is 0 Å². The van der Waals surface area contributed by atoms with E-state index in [1.807, 2.05) is 56.3 Å². The summed E-state index contributed by atoms with van der Waals surface area (Å²) in [7, 11) is 0. The third-order valence-electron chi connectivity index (χ3n) is 5.71. The van der Waals surface area contributed by atoms with Crippen LogP contribution in [0.15, 0.2) is 83.0 Å². The number of nitrogens with zero attached hydrogens (tertiary/aromatic N) is 4. The van der Waals surface area contributed by atoms with Crippen molar-refractivity contribution in [1.29, 1.82) is 0 Å². The van der Waals surface area contributed by atoms with Crippen LogP contribution in [0.1, 0.15) is 11.1 Å². The first-order valence-electron chi connectivity index (χ1n) is 10.6. The normalized spacial score (nSPS) is 11.6. The third-order valence-corrected chi connectivity index (χ3v) is 5.71. The molecule has 1 aromatic heterocycles. The Morgan fingerprint density at radius 1 is 0.667 bits per heavy atom. The van der Waals surface area contributed by atoms with E-state index in [0.717, 1.165) is 50.3 Å². The third kappa shape index (κ3) is 3.70. The summed E-state index contributed by atoms with van der Waals surface area (Å²) in [5.41, 5.74) is 27.7. The van der Waals surface area contributed by atoms with Crippen molar-refractivity contribution in [3.63, 3.8) is 0 Å². The van der Waals surface area contributed by atoms with Gasteiger partial charge in [-0.1, -0.05) is 18.2 Å². The van der Waals surface area contributed by atoms with Crippen molar-refractivity contribution in [3.05, 3.63) is 83.9 Å². The Bertz CT molecular complexity index is 1560. The number of aromatic nitrogens is 2. The summed E-state index contributed by atoms with van der Waals surface area (Å²) < 4.78 is 2.16. The maximum atomic E-state index is 6.27. The molecule has 0 aliphatic rings. The first-order chi connectivity index (χ1) is 15.9. The van der Waals surface area contributed by atoms with E-state index in [4.69, 9.17) is 22.2 Å². The number of para-hydroxylation sites is 1. The van der Waals surface area contributed by atoms with E-state index in [0.29, 0.717) is 17.1 Å². The molecule has 0 atom stereocenters. The first kappa shape index (κ1) is 20.4. The number of anilines is 3. The van der Waals surface area contributed by atoms with Gasteiger partial charge in [0.25, 0.3) is 0 Å². The second-order valence-corrected chi connectivity index (χ2v) is 8.13. The van der Waals surface area contributed by atoms with Crippen LogP contribution in [0.25, 0.3) is 27.8 Å². The van der Waals surface area contributed by atoms with E-state index in [1.54, 1.807) is 18.2 Å². The van der Waals surface area contributed by atoms with E-state index in [-0.39, 0.29) is 0 Å². The van der Waals surface area contributed by atoms with Crippen LogP contribution < -0.4 is 21.8 Å². The summed E-state index contributed by atoms with van der Waals surface area (Å²) in [5.74, 6) is 0. The standard InChI is InChI=1S/C26H23N7/c1-15-10-23-25(13-19(15)28)33(18-6-4-3-5-7-18)26-14-22(16(2)11-24(26)30-23)32-31-21-9-8-17(27)12-20(21)29/h3-14H,1-2H3,(H5,27,28,29,32)/p+1. The average molecular weight is 435 g/mol. The number of nitrogens with two attached hydrogens (primary N) is 3. The summed E-state index contributed by atoms with van der Waals surface area (Å²) in [5, 5.41) is 8.87. The monoisotopic (exact) mass is 434 g/mol. The number of benzene rings is 4. The molecule has 5 aromatic rings. The van der Waals surface area contributed by atoms with Crippen molar-refractivity contribution < 1.29 is 4.57 Å². The largest absolute Gasteiger partial charge is 0.399 e. The van der Waals surface area contributed by atoms with Gasteiger partial charge < -0.3 is 17.2 Å². The van der Waals surface area contributed by atoms with Crippen molar-refractivity contribution in [2.75, 3.05) is 17.2 Å². The second kappa shape index (κ2) is 7.87. The van der Waals surface area contributed by atoms with Crippen LogP contribution in [0.2, 0.25) is 0 Å². The molecule has 0 fully saturated rings. The summed E-state index contributed by atoms with van der Waals surface area (Å²) in [4.78, 5) is 4.93. The molecule has 0 aliphatic carbocycles. The highest BCUT2D eigenvalue weighted by Gasteiger charge is 2.21. The fourth-order valence-corrected chi connectivity index (χ4v) is 3.90. The average Bonchev–Trinajstić information content (AvgIpc) is 2.79. The van der Waals surface area contributed by atoms with Gasteiger partial charge in [0.1, 0.15) is 16.7 Å². The lowest BCUT2D eigenvalue weighted by molar-refractivity contribution is -0.538. The molecule has 0 bridgehead atoms. The quantitative estimate of drug-likeness (QED) is 0.151. The van der Waals surface area contributed by atoms with E-state index in [9.17, 15) is 0 Å². The highest BCUT2D eigenvalue weighted by molar-refractivity contribution is 5.87. The lowest BCUT2D eigenvalue weighted by Crippen LogP contribution is -2.33. The van der Waals surface area contributed by atoms with Crippen molar-refractivity contribution in [2.45, 2.75) is 13.8 Å². The maximum Gasteiger partial charge on any atom is 0.239 e. The molecule has 7 nitrogen and oxygen atoms in total. The fraction of sp³-hybridized carbons (Fsp3) is 0.0769. The zero-order valence-corrected chi connectivity index (χ0v) is 18.4. The van der Waals surface area contributed by atoms with E-state index >= 15 is 0 Å². The Hall–Kier alpha value is -4.52. The number of hydrogen-bond acceptors (Lipinski definition) is 6. The molecule has 33 heavy (non-hydrogen) atoms. The Morgan fingerprint density at radius 3 is 2.06 bits per heavy atom. The van der Waals surface area contributed by atoms with Crippen LogP contribution in [-0.2, 0) is 0 Å². The zero-order chi connectivity index (χ0) is 23.1. The van der Waals surface area contributed by atoms with Gasteiger partial charge in [-0.2, -0.15) is 0 Å². The van der Waals surface area contributed by atoms with Crippen LogP contribution in [0.4, 0.5) is 28.4 Å². The number of rotatable bonds is 3. The molecule has 1 heterocycles. The molecule has 0 amide bonds. The smallest absolute Gasteiger partial charge is 0.239 e. The topological polar surface area (TPSA) is 120 Å². The number of aryl methyl sites for hydroxylation is 2. The van der Waals surface area contributed by atoms with Crippen LogP contribution in [-0.4, -0.2) is 4.98 Å². The summed E-state index contributed by atoms with van der Waals surface area (Å²) in [6.07, 6.45) is 0. The molecule has 4 aromatic carbocycles. The Kier molecular flexibility index (Phi) is 4.86. The molecule has 6 N–H and O–H groups in total. The molecule has 0 aliphatic heterocycles. The van der Waals surface area contributed by atoms with Gasteiger partial charge in [0.05, 0.1) is 11.4 Å².